The summed E-state index contributed by atoms with van der Waals surface area (Å²) in [4.78, 5) is 0. The van der Waals surface area contributed by atoms with Crippen molar-refractivity contribution >= 4 is 30.5 Å². The predicted octanol–water partition coefficient (Wildman–Crippen LogP) is 8.36. The molecule has 33 heavy (non-hydrogen) atoms. The van der Waals surface area contributed by atoms with Crippen molar-refractivity contribution in [2.75, 3.05) is 0 Å². The quantitative estimate of drug-likeness (QED) is 0.344. The van der Waals surface area contributed by atoms with E-state index in [0.29, 0.717) is 5.92 Å². The molecule has 1 heterocycles. The minimum atomic E-state index is -1.44. The Morgan fingerprint density at radius 3 is 2.36 bits per heavy atom. The van der Waals surface area contributed by atoms with E-state index in [1.165, 1.54) is 33.4 Å². The molecule has 3 aromatic rings. The molecular formula is C31H34OSi. The molecule has 0 amide bonds. The third-order valence-corrected chi connectivity index (χ3v) is 9.31. The first-order valence-corrected chi connectivity index (χ1v) is 15.7. The van der Waals surface area contributed by atoms with Crippen LogP contribution in [0.2, 0.25) is 19.6 Å². The van der Waals surface area contributed by atoms with Crippen LogP contribution in [0.3, 0.4) is 0 Å². The SMILES string of the molecule is CC1=C(CCC2C(c3ccc(C)o3)=Cc3c2cccc3[Si](C)(C)C)CC(c2ccccc2)=C1. The highest BCUT2D eigenvalue weighted by Gasteiger charge is 2.32. The molecule has 2 aliphatic rings. The molecule has 168 valence electrons. The second kappa shape index (κ2) is 8.50. The maximum atomic E-state index is 6.14. The smallest absolute Gasteiger partial charge is 0.130 e. The zero-order valence-corrected chi connectivity index (χ0v) is 21.5. The van der Waals surface area contributed by atoms with E-state index in [9.17, 15) is 0 Å². The highest BCUT2D eigenvalue weighted by atomic mass is 28.3. The van der Waals surface area contributed by atoms with Crippen molar-refractivity contribution in [1.29, 1.82) is 0 Å². The third-order valence-electron chi connectivity index (χ3n) is 7.26. The van der Waals surface area contributed by atoms with Crippen LogP contribution in [0.25, 0.3) is 17.2 Å². The van der Waals surface area contributed by atoms with Gasteiger partial charge in [-0.1, -0.05) is 90.6 Å². The first-order valence-electron chi connectivity index (χ1n) is 12.2. The number of furan rings is 1. The Morgan fingerprint density at radius 2 is 1.67 bits per heavy atom. The summed E-state index contributed by atoms with van der Waals surface area (Å²) in [5.74, 6) is 2.41. The van der Waals surface area contributed by atoms with Crippen LogP contribution in [0, 0.1) is 6.92 Å². The number of hydrogen-bond acceptors (Lipinski definition) is 1. The van der Waals surface area contributed by atoms with Crippen molar-refractivity contribution in [3.8, 4) is 0 Å². The van der Waals surface area contributed by atoms with E-state index >= 15 is 0 Å². The van der Waals surface area contributed by atoms with Gasteiger partial charge in [-0.3, -0.25) is 0 Å². The van der Waals surface area contributed by atoms with Crippen molar-refractivity contribution in [1.82, 2.24) is 0 Å². The van der Waals surface area contributed by atoms with Gasteiger partial charge in [0.25, 0.3) is 0 Å². The highest BCUT2D eigenvalue weighted by molar-refractivity contribution is 6.89. The van der Waals surface area contributed by atoms with E-state index in [0.717, 1.165) is 30.8 Å². The van der Waals surface area contributed by atoms with Gasteiger partial charge in [-0.2, -0.15) is 0 Å². The van der Waals surface area contributed by atoms with Gasteiger partial charge in [-0.05, 0) is 73.6 Å². The van der Waals surface area contributed by atoms with Gasteiger partial charge >= 0.3 is 0 Å². The van der Waals surface area contributed by atoms with Crippen molar-refractivity contribution in [2.45, 2.75) is 58.7 Å². The molecule has 0 aliphatic heterocycles. The second-order valence-corrected chi connectivity index (χ2v) is 15.7. The Labute approximate surface area is 199 Å². The normalized spacial score (nSPS) is 17.9. The van der Waals surface area contributed by atoms with Gasteiger partial charge in [-0.15, -0.1) is 0 Å². The van der Waals surface area contributed by atoms with Gasteiger partial charge in [-0.25, -0.2) is 0 Å². The molecule has 0 N–H and O–H groups in total. The zero-order chi connectivity index (χ0) is 23.2. The largest absolute Gasteiger partial charge is 0.462 e. The van der Waals surface area contributed by atoms with Gasteiger partial charge < -0.3 is 4.42 Å². The molecule has 0 spiro atoms. The maximum Gasteiger partial charge on any atom is 0.130 e. The fraction of sp³-hybridized carbons (Fsp3) is 0.290. The summed E-state index contributed by atoms with van der Waals surface area (Å²) >= 11 is 0. The monoisotopic (exact) mass is 450 g/mol. The molecule has 1 aromatic heterocycles. The third kappa shape index (κ3) is 4.25. The maximum absolute atomic E-state index is 6.14. The lowest BCUT2D eigenvalue weighted by Gasteiger charge is -2.22. The van der Waals surface area contributed by atoms with E-state index in [4.69, 9.17) is 4.42 Å². The first kappa shape index (κ1) is 22.0. The van der Waals surface area contributed by atoms with Crippen LogP contribution in [0.5, 0.6) is 0 Å². The summed E-state index contributed by atoms with van der Waals surface area (Å²) in [7, 11) is -1.44. The molecule has 1 unspecified atom stereocenters. The summed E-state index contributed by atoms with van der Waals surface area (Å²) in [5.41, 5.74) is 10.1. The Hall–Kier alpha value is -2.84. The van der Waals surface area contributed by atoms with Gasteiger partial charge in [0.1, 0.15) is 11.5 Å². The topological polar surface area (TPSA) is 13.1 Å². The summed E-state index contributed by atoms with van der Waals surface area (Å²) in [6.45, 7) is 11.7. The molecular weight excluding hydrogens is 416 g/mol. The Balaban J connectivity index is 1.43. The summed E-state index contributed by atoms with van der Waals surface area (Å²) < 4.78 is 6.14. The Morgan fingerprint density at radius 1 is 0.879 bits per heavy atom. The summed E-state index contributed by atoms with van der Waals surface area (Å²) in [6.07, 6.45) is 8.15. The standard InChI is InChI=1S/C31H34OSi/c1-21-18-25(23-10-7-6-8-11-23)19-24(21)15-16-27-26-12-9-13-31(33(3,4)5)29(26)20-28(27)30-17-14-22(2)32-30/h6-14,17-18,20,27H,15-16,19H2,1-5H3. The lowest BCUT2D eigenvalue weighted by Crippen LogP contribution is -2.39. The van der Waals surface area contributed by atoms with Gasteiger partial charge in [0, 0.05) is 11.5 Å². The molecule has 0 radical (unpaired) electrons. The molecule has 2 aromatic carbocycles. The lowest BCUT2D eigenvalue weighted by atomic mass is 9.87. The second-order valence-electron chi connectivity index (χ2n) is 10.7. The molecule has 2 aliphatic carbocycles. The van der Waals surface area contributed by atoms with E-state index in [2.05, 4.69) is 99.4 Å². The molecule has 5 rings (SSSR count). The number of allylic oxidation sites excluding steroid dienone is 5. The van der Waals surface area contributed by atoms with Crippen LogP contribution in [0.15, 0.2) is 82.3 Å². The van der Waals surface area contributed by atoms with Crippen LogP contribution >= 0.6 is 0 Å². The lowest BCUT2D eigenvalue weighted by molar-refractivity contribution is 0.516. The fourth-order valence-corrected chi connectivity index (χ4v) is 7.12. The molecule has 0 fully saturated rings. The fourth-order valence-electron chi connectivity index (χ4n) is 5.49. The Kier molecular flexibility index (Phi) is 5.66. The van der Waals surface area contributed by atoms with Crippen LogP contribution in [-0.2, 0) is 0 Å². The van der Waals surface area contributed by atoms with Crippen molar-refractivity contribution in [3.63, 3.8) is 0 Å². The van der Waals surface area contributed by atoms with Crippen LogP contribution in [-0.4, -0.2) is 8.07 Å². The molecule has 1 atom stereocenters. The van der Waals surface area contributed by atoms with Crippen molar-refractivity contribution in [3.05, 3.63) is 106 Å². The summed E-state index contributed by atoms with van der Waals surface area (Å²) in [6, 6.07) is 22.1. The molecule has 0 saturated heterocycles. The number of hydrogen-bond donors (Lipinski definition) is 0. The minimum absolute atomic E-state index is 0.392. The molecule has 0 saturated carbocycles. The average Bonchev–Trinajstić information content (AvgIpc) is 3.48. The van der Waals surface area contributed by atoms with E-state index < -0.39 is 8.07 Å². The van der Waals surface area contributed by atoms with Crippen molar-refractivity contribution in [2.24, 2.45) is 0 Å². The van der Waals surface area contributed by atoms with Gasteiger partial charge in [0.05, 0.1) is 8.07 Å². The number of rotatable bonds is 6. The number of benzene rings is 2. The van der Waals surface area contributed by atoms with Crippen LogP contribution in [0.1, 0.15) is 60.3 Å². The molecule has 0 bridgehead atoms. The van der Waals surface area contributed by atoms with E-state index in [1.54, 1.807) is 10.8 Å². The van der Waals surface area contributed by atoms with Gasteiger partial charge in [0.15, 0.2) is 0 Å². The van der Waals surface area contributed by atoms with Crippen LogP contribution < -0.4 is 5.19 Å². The number of fused-ring (bicyclic) bond motifs is 1. The molecule has 2 heteroatoms. The zero-order valence-electron chi connectivity index (χ0n) is 20.5. The predicted molar refractivity (Wildman–Crippen MR) is 144 cm³/mol. The first-order chi connectivity index (χ1) is 15.8. The summed E-state index contributed by atoms with van der Waals surface area (Å²) in [5, 5.41) is 1.56. The highest BCUT2D eigenvalue weighted by Crippen LogP contribution is 2.46. The molecule has 1 nitrogen and oxygen atoms in total. The van der Waals surface area contributed by atoms with E-state index in [-0.39, 0.29) is 0 Å². The minimum Gasteiger partial charge on any atom is -0.462 e. The van der Waals surface area contributed by atoms with Crippen LogP contribution in [0.4, 0.5) is 0 Å². The van der Waals surface area contributed by atoms with Crippen molar-refractivity contribution < 1.29 is 4.42 Å². The van der Waals surface area contributed by atoms with Gasteiger partial charge in [0.2, 0.25) is 0 Å². The average molecular weight is 451 g/mol. The number of aryl methyl sites for hydroxylation is 1. The van der Waals surface area contributed by atoms with E-state index in [1.807, 2.05) is 6.92 Å². The Bertz CT molecular complexity index is 1280.